The molecule has 0 aromatic rings. The summed E-state index contributed by atoms with van der Waals surface area (Å²) in [6, 6.07) is 0. The molecule has 0 radical (unpaired) electrons. The highest BCUT2D eigenvalue weighted by atomic mass is 32.2. The van der Waals surface area contributed by atoms with E-state index in [0.29, 0.717) is 19.6 Å². The number of carbonyl (C=O) groups excluding carboxylic acids is 1. The lowest BCUT2D eigenvalue weighted by Crippen LogP contribution is -2.41. The number of hydrogen-bond acceptors (Lipinski definition) is 5. The van der Waals surface area contributed by atoms with Crippen molar-refractivity contribution in [2.45, 2.75) is 18.9 Å². The molecule has 0 aromatic heterocycles. The number of morpholine rings is 1. The number of ether oxygens (including phenoxy) is 1. The van der Waals surface area contributed by atoms with Crippen LogP contribution in [0.1, 0.15) is 12.8 Å². The van der Waals surface area contributed by atoms with Gasteiger partial charge in [0.2, 0.25) is 5.91 Å². The number of amides is 1. The Morgan fingerprint density at radius 2 is 2.41 bits per heavy atom. The highest BCUT2D eigenvalue weighted by Gasteiger charge is 2.16. The summed E-state index contributed by atoms with van der Waals surface area (Å²) in [5, 5.41) is 14.7. The van der Waals surface area contributed by atoms with Gasteiger partial charge in [-0.3, -0.25) is 4.79 Å². The minimum Gasteiger partial charge on any atom is -0.396 e. The number of carbonyl (C=O) groups is 1. The zero-order valence-electron chi connectivity index (χ0n) is 10.1. The summed E-state index contributed by atoms with van der Waals surface area (Å²) in [6.45, 7) is 3.26. The molecule has 1 heterocycles. The van der Waals surface area contributed by atoms with Crippen LogP contribution in [-0.4, -0.2) is 61.5 Å². The Morgan fingerprint density at radius 3 is 3.12 bits per heavy atom. The van der Waals surface area contributed by atoms with E-state index < -0.39 is 0 Å². The van der Waals surface area contributed by atoms with Gasteiger partial charge in [-0.15, -0.1) is 0 Å². The lowest BCUT2D eigenvalue weighted by atomic mass is 10.2. The van der Waals surface area contributed by atoms with E-state index in [1.807, 2.05) is 0 Å². The van der Waals surface area contributed by atoms with Crippen LogP contribution in [0.4, 0.5) is 0 Å². The first-order valence-electron chi connectivity index (χ1n) is 6.10. The number of thioether (sulfide) groups is 1. The van der Waals surface area contributed by atoms with E-state index in [2.05, 4.69) is 10.6 Å². The smallest absolute Gasteiger partial charge is 0.222 e. The van der Waals surface area contributed by atoms with Gasteiger partial charge in [0.05, 0.1) is 19.1 Å². The van der Waals surface area contributed by atoms with E-state index in [1.165, 1.54) is 0 Å². The molecule has 1 unspecified atom stereocenters. The molecule has 1 rings (SSSR count). The molecule has 1 atom stereocenters. The van der Waals surface area contributed by atoms with E-state index in [0.717, 1.165) is 31.0 Å². The fourth-order valence-electron chi connectivity index (χ4n) is 1.56. The maximum Gasteiger partial charge on any atom is 0.222 e. The van der Waals surface area contributed by atoms with Gasteiger partial charge in [0.15, 0.2) is 0 Å². The molecule has 100 valence electrons. The molecule has 0 bridgehead atoms. The Labute approximate surface area is 107 Å². The largest absolute Gasteiger partial charge is 0.396 e. The van der Waals surface area contributed by atoms with Crippen molar-refractivity contribution in [1.29, 1.82) is 0 Å². The fraction of sp³-hybridized carbons (Fsp3) is 0.909. The Hall–Kier alpha value is -0.300. The number of aliphatic hydroxyl groups is 1. The Bertz CT molecular complexity index is 211. The molecule has 0 aromatic carbocycles. The van der Waals surface area contributed by atoms with Crippen molar-refractivity contribution in [3.8, 4) is 0 Å². The molecule has 0 spiro atoms. The second kappa shape index (κ2) is 9.70. The summed E-state index contributed by atoms with van der Waals surface area (Å²) in [4.78, 5) is 11.5. The van der Waals surface area contributed by atoms with Crippen LogP contribution in [-0.2, 0) is 9.53 Å². The molecule has 1 aliphatic heterocycles. The SMILES string of the molecule is O=C(CC1CNCCO1)NCCSCCCO. The fourth-order valence-corrected chi connectivity index (χ4v) is 2.34. The first-order chi connectivity index (χ1) is 8.33. The van der Waals surface area contributed by atoms with Crippen molar-refractivity contribution < 1.29 is 14.6 Å². The Kier molecular flexibility index (Phi) is 8.42. The van der Waals surface area contributed by atoms with Gasteiger partial charge >= 0.3 is 0 Å². The number of hydrogen-bond donors (Lipinski definition) is 3. The van der Waals surface area contributed by atoms with Crippen LogP contribution in [0.25, 0.3) is 0 Å². The van der Waals surface area contributed by atoms with E-state index >= 15 is 0 Å². The van der Waals surface area contributed by atoms with Crippen LogP contribution in [0.2, 0.25) is 0 Å². The Morgan fingerprint density at radius 1 is 1.53 bits per heavy atom. The average Bonchev–Trinajstić information content (AvgIpc) is 2.35. The van der Waals surface area contributed by atoms with Crippen LogP contribution in [0.5, 0.6) is 0 Å². The van der Waals surface area contributed by atoms with E-state index in [-0.39, 0.29) is 18.6 Å². The van der Waals surface area contributed by atoms with Crippen LogP contribution in [0, 0.1) is 0 Å². The van der Waals surface area contributed by atoms with Crippen molar-refractivity contribution in [2.75, 3.05) is 44.4 Å². The highest BCUT2D eigenvalue weighted by molar-refractivity contribution is 7.99. The van der Waals surface area contributed by atoms with Gasteiger partial charge in [-0.1, -0.05) is 0 Å². The maximum atomic E-state index is 11.5. The summed E-state index contributed by atoms with van der Waals surface area (Å²) in [5.74, 6) is 1.90. The quantitative estimate of drug-likeness (QED) is 0.519. The first kappa shape index (κ1) is 14.8. The van der Waals surface area contributed by atoms with Gasteiger partial charge in [0.25, 0.3) is 0 Å². The Balaban J connectivity index is 1.93. The average molecular weight is 262 g/mol. The third kappa shape index (κ3) is 7.59. The van der Waals surface area contributed by atoms with Crippen LogP contribution in [0.3, 0.4) is 0 Å². The molecule has 1 aliphatic rings. The number of nitrogens with one attached hydrogen (secondary N) is 2. The van der Waals surface area contributed by atoms with Gasteiger partial charge in [0.1, 0.15) is 0 Å². The van der Waals surface area contributed by atoms with Gasteiger partial charge in [-0.25, -0.2) is 0 Å². The molecule has 0 saturated carbocycles. The molecule has 0 aliphatic carbocycles. The standard InChI is InChI=1S/C11H22N2O3S/c14-4-1-6-17-7-3-13-11(15)8-10-9-12-2-5-16-10/h10,12,14H,1-9H2,(H,13,15). The highest BCUT2D eigenvalue weighted by Crippen LogP contribution is 2.02. The van der Waals surface area contributed by atoms with Gasteiger partial charge in [-0.2, -0.15) is 11.8 Å². The molecule has 5 nitrogen and oxygen atoms in total. The minimum atomic E-state index is 0.0193. The second-order valence-electron chi connectivity index (χ2n) is 3.94. The monoisotopic (exact) mass is 262 g/mol. The zero-order valence-corrected chi connectivity index (χ0v) is 10.9. The third-order valence-corrected chi connectivity index (χ3v) is 3.50. The summed E-state index contributed by atoms with van der Waals surface area (Å²) in [7, 11) is 0. The summed E-state index contributed by atoms with van der Waals surface area (Å²) < 4.78 is 5.45. The van der Waals surface area contributed by atoms with Crippen LogP contribution < -0.4 is 10.6 Å². The molecule has 1 amide bonds. The summed E-state index contributed by atoms with van der Waals surface area (Å²) in [6.07, 6.45) is 1.28. The van der Waals surface area contributed by atoms with Gasteiger partial charge in [-0.05, 0) is 12.2 Å². The minimum absolute atomic E-state index is 0.0193. The van der Waals surface area contributed by atoms with Crippen molar-refractivity contribution in [2.24, 2.45) is 0 Å². The predicted octanol–water partition coefficient (Wildman–Crippen LogP) is -0.403. The first-order valence-corrected chi connectivity index (χ1v) is 7.26. The summed E-state index contributed by atoms with van der Waals surface area (Å²) in [5.41, 5.74) is 0. The lowest BCUT2D eigenvalue weighted by Gasteiger charge is -2.23. The lowest BCUT2D eigenvalue weighted by molar-refractivity contribution is -0.124. The normalized spacial score (nSPS) is 20.2. The van der Waals surface area contributed by atoms with E-state index in [4.69, 9.17) is 9.84 Å². The van der Waals surface area contributed by atoms with Gasteiger partial charge < -0.3 is 20.5 Å². The topological polar surface area (TPSA) is 70.6 Å². The van der Waals surface area contributed by atoms with Gasteiger partial charge in [0, 0.05) is 32.0 Å². The molecule has 6 heteroatoms. The van der Waals surface area contributed by atoms with Crippen LogP contribution >= 0.6 is 11.8 Å². The van der Waals surface area contributed by atoms with Crippen molar-refractivity contribution >= 4 is 17.7 Å². The predicted molar refractivity (Wildman–Crippen MR) is 69.3 cm³/mol. The number of rotatable bonds is 8. The van der Waals surface area contributed by atoms with Crippen molar-refractivity contribution in [1.82, 2.24) is 10.6 Å². The van der Waals surface area contributed by atoms with Crippen LogP contribution in [0.15, 0.2) is 0 Å². The van der Waals surface area contributed by atoms with E-state index in [9.17, 15) is 4.79 Å². The molecular weight excluding hydrogens is 240 g/mol. The molecular formula is C11H22N2O3S. The maximum absolute atomic E-state index is 11.5. The second-order valence-corrected chi connectivity index (χ2v) is 5.17. The number of aliphatic hydroxyl groups excluding tert-OH is 1. The molecule has 1 saturated heterocycles. The van der Waals surface area contributed by atoms with Crippen molar-refractivity contribution in [3.63, 3.8) is 0 Å². The van der Waals surface area contributed by atoms with Crippen molar-refractivity contribution in [3.05, 3.63) is 0 Å². The summed E-state index contributed by atoms with van der Waals surface area (Å²) >= 11 is 1.75. The van der Waals surface area contributed by atoms with E-state index in [1.54, 1.807) is 11.8 Å². The molecule has 3 N–H and O–H groups in total. The zero-order chi connectivity index (χ0) is 12.3. The third-order valence-electron chi connectivity index (χ3n) is 2.43. The molecule has 17 heavy (non-hydrogen) atoms. The molecule has 1 fully saturated rings.